The van der Waals surface area contributed by atoms with Gasteiger partial charge in [0.25, 0.3) is 0 Å². The SMILES string of the molecule is CSCC[C@H]([C]=O)N=O. The lowest BCUT2D eigenvalue weighted by molar-refractivity contribution is 0.539. The molecule has 0 saturated heterocycles. The maximum atomic E-state index is 9.81. The summed E-state index contributed by atoms with van der Waals surface area (Å²) in [6, 6.07) is -0.752. The van der Waals surface area contributed by atoms with E-state index in [9.17, 15) is 9.70 Å². The summed E-state index contributed by atoms with van der Waals surface area (Å²) in [6.07, 6.45) is 3.96. The summed E-state index contributed by atoms with van der Waals surface area (Å²) >= 11 is 1.58. The Balaban J connectivity index is 3.30. The minimum atomic E-state index is -0.752. The molecule has 0 bridgehead atoms. The van der Waals surface area contributed by atoms with Crippen molar-refractivity contribution >= 4 is 18.0 Å². The van der Waals surface area contributed by atoms with E-state index in [0.717, 1.165) is 5.75 Å². The highest BCUT2D eigenvalue weighted by molar-refractivity contribution is 7.98. The molecular weight excluding hydrogens is 138 g/mol. The van der Waals surface area contributed by atoms with Gasteiger partial charge in [-0.15, -0.1) is 0 Å². The van der Waals surface area contributed by atoms with Crippen LogP contribution < -0.4 is 0 Å². The maximum absolute atomic E-state index is 9.81. The van der Waals surface area contributed by atoms with Crippen molar-refractivity contribution in [2.24, 2.45) is 5.18 Å². The lowest BCUT2D eigenvalue weighted by Gasteiger charge is -1.94. The van der Waals surface area contributed by atoms with Crippen molar-refractivity contribution in [3.05, 3.63) is 4.91 Å². The Labute approximate surface area is 58.2 Å². The summed E-state index contributed by atoms with van der Waals surface area (Å²) in [5.41, 5.74) is 0. The molecule has 51 valence electrons. The van der Waals surface area contributed by atoms with Crippen molar-refractivity contribution in [1.29, 1.82) is 0 Å². The highest BCUT2D eigenvalue weighted by atomic mass is 32.2. The van der Waals surface area contributed by atoms with Crippen molar-refractivity contribution in [3.63, 3.8) is 0 Å². The number of carbonyl (C=O) groups excluding carboxylic acids is 1. The minimum Gasteiger partial charge on any atom is -0.288 e. The monoisotopic (exact) mass is 146 g/mol. The molecule has 9 heavy (non-hydrogen) atoms. The van der Waals surface area contributed by atoms with Crippen LogP contribution in [0, 0.1) is 4.91 Å². The standard InChI is InChI=1S/C5H8NO2S/c1-9-3-2-5(4-7)6-8/h5H,2-3H2,1H3/t5-/m1/s1. The number of rotatable bonds is 5. The van der Waals surface area contributed by atoms with Crippen molar-refractivity contribution in [2.45, 2.75) is 12.5 Å². The van der Waals surface area contributed by atoms with Crippen LogP contribution in [0.1, 0.15) is 6.42 Å². The van der Waals surface area contributed by atoms with E-state index < -0.39 is 6.04 Å². The molecule has 0 aliphatic heterocycles. The van der Waals surface area contributed by atoms with Gasteiger partial charge in [-0.1, -0.05) is 5.18 Å². The van der Waals surface area contributed by atoms with Crippen LogP contribution in [0.5, 0.6) is 0 Å². The van der Waals surface area contributed by atoms with E-state index >= 15 is 0 Å². The van der Waals surface area contributed by atoms with Gasteiger partial charge >= 0.3 is 0 Å². The van der Waals surface area contributed by atoms with Gasteiger partial charge in [-0.05, 0) is 18.4 Å². The summed E-state index contributed by atoms with van der Waals surface area (Å²) in [4.78, 5) is 19.5. The van der Waals surface area contributed by atoms with Gasteiger partial charge in [0.1, 0.15) is 0 Å². The molecule has 3 nitrogen and oxygen atoms in total. The third-order valence-electron chi connectivity index (χ3n) is 0.859. The highest BCUT2D eigenvalue weighted by Gasteiger charge is 2.05. The molecule has 0 fully saturated rings. The van der Waals surface area contributed by atoms with Crippen LogP contribution in [-0.4, -0.2) is 24.3 Å². The Kier molecular flexibility index (Phi) is 5.51. The van der Waals surface area contributed by atoms with Crippen molar-refractivity contribution in [3.8, 4) is 0 Å². The van der Waals surface area contributed by atoms with Crippen LogP contribution in [0.25, 0.3) is 0 Å². The molecule has 0 aliphatic rings. The lowest BCUT2D eigenvalue weighted by atomic mass is 10.3. The van der Waals surface area contributed by atoms with Gasteiger partial charge in [0.2, 0.25) is 6.29 Å². The van der Waals surface area contributed by atoms with E-state index in [4.69, 9.17) is 0 Å². The van der Waals surface area contributed by atoms with Crippen molar-refractivity contribution in [1.82, 2.24) is 0 Å². The molecule has 1 atom stereocenters. The van der Waals surface area contributed by atoms with Crippen LogP contribution in [0.4, 0.5) is 0 Å². The molecule has 1 radical (unpaired) electrons. The summed E-state index contributed by atoms with van der Waals surface area (Å²) in [5.74, 6) is 0.783. The van der Waals surface area contributed by atoms with Gasteiger partial charge in [-0.2, -0.15) is 16.7 Å². The predicted molar refractivity (Wildman–Crippen MR) is 38.3 cm³/mol. The molecular formula is C5H8NO2S. The third kappa shape index (κ3) is 4.14. The van der Waals surface area contributed by atoms with E-state index in [1.165, 1.54) is 0 Å². The first-order chi connectivity index (χ1) is 4.35. The average Bonchev–Trinajstić information content (AvgIpc) is 1.91. The topological polar surface area (TPSA) is 46.5 Å². The van der Waals surface area contributed by atoms with Crippen molar-refractivity contribution in [2.75, 3.05) is 12.0 Å². The first-order valence-corrected chi connectivity index (χ1v) is 3.93. The molecule has 0 aromatic carbocycles. The molecule has 0 rings (SSSR count). The van der Waals surface area contributed by atoms with Crippen LogP contribution in [0.2, 0.25) is 0 Å². The quantitative estimate of drug-likeness (QED) is 0.543. The lowest BCUT2D eigenvalue weighted by Crippen LogP contribution is -2.05. The Bertz CT molecular complexity index is 89.0. The zero-order valence-corrected chi connectivity index (χ0v) is 5.98. The number of hydrogen-bond donors (Lipinski definition) is 0. The van der Waals surface area contributed by atoms with Gasteiger partial charge in [0, 0.05) is 0 Å². The second kappa shape index (κ2) is 5.75. The third-order valence-corrected chi connectivity index (χ3v) is 1.50. The number of thioether (sulfide) groups is 1. The summed E-state index contributed by atoms with van der Waals surface area (Å²) in [5, 5.41) is 2.56. The van der Waals surface area contributed by atoms with E-state index in [1.807, 2.05) is 6.26 Å². The molecule has 4 heteroatoms. The second-order valence-corrected chi connectivity index (χ2v) is 2.51. The van der Waals surface area contributed by atoms with Crippen LogP contribution >= 0.6 is 11.8 Å². The molecule has 0 amide bonds. The Morgan fingerprint density at radius 3 is 2.78 bits per heavy atom. The van der Waals surface area contributed by atoms with Crippen LogP contribution in [-0.2, 0) is 4.79 Å². The average molecular weight is 146 g/mol. The smallest absolute Gasteiger partial charge is 0.228 e. The zero-order valence-electron chi connectivity index (χ0n) is 5.16. The fourth-order valence-corrected chi connectivity index (χ4v) is 0.822. The van der Waals surface area contributed by atoms with Gasteiger partial charge in [0.05, 0.1) is 0 Å². The molecule has 0 spiro atoms. The number of nitrogens with zero attached hydrogens (tertiary/aromatic N) is 1. The Morgan fingerprint density at radius 2 is 2.44 bits per heavy atom. The molecule has 0 aromatic rings. The van der Waals surface area contributed by atoms with Crippen molar-refractivity contribution < 1.29 is 4.79 Å². The number of hydrogen-bond acceptors (Lipinski definition) is 4. The van der Waals surface area contributed by atoms with E-state index in [0.29, 0.717) is 6.42 Å². The molecule has 0 aromatic heterocycles. The summed E-state index contributed by atoms with van der Waals surface area (Å²) in [6.45, 7) is 0. The van der Waals surface area contributed by atoms with Gasteiger partial charge in [0.15, 0.2) is 6.04 Å². The Hall–Kier alpha value is -0.380. The first kappa shape index (κ1) is 8.62. The van der Waals surface area contributed by atoms with Crippen LogP contribution in [0.15, 0.2) is 5.18 Å². The molecule has 0 aliphatic carbocycles. The molecule has 0 heterocycles. The van der Waals surface area contributed by atoms with Crippen LogP contribution in [0.3, 0.4) is 0 Å². The minimum absolute atomic E-state index is 0.508. The Morgan fingerprint density at radius 1 is 1.78 bits per heavy atom. The summed E-state index contributed by atoms with van der Waals surface area (Å²) < 4.78 is 0. The van der Waals surface area contributed by atoms with Gasteiger partial charge < -0.3 is 0 Å². The maximum Gasteiger partial charge on any atom is 0.228 e. The zero-order chi connectivity index (χ0) is 7.11. The van der Waals surface area contributed by atoms with Gasteiger partial charge in [-0.3, -0.25) is 4.79 Å². The highest BCUT2D eigenvalue weighted by Crippen LogP contribution is 2.00. The van der Waals surface area contributed by atoms with Gasteiger partial charge in [-0.25, -0.2) is 0 Å². The fraction of sp³-hybridized carbons (Fsp3) is 0.800. The summed E-state index contributed by atoms with van der Waals surface area (Å²) in [7, 11) is 0. The fourth-order valence-electron chi connectivity index (χ4n) is 0.363. The number of nitroso groups, excluding NO2 is 1. The normalized spacial score (nSPS) is 12.6. The van der Waals surface area contributed by atoms with E-state index in [-0.39, 0.29) is 0 Å². The first-order valence-electron chi connectivity index (χ1n) is 2.54. The van der Waals surface area contributed by atoms with E-state index in [1.54, 1.807) is 18.0 Å². The largest absolute Gasteiger partial charge is 0.288 e. The second-order valence-electron chi connectivity index (χ2n) is 1.52. The molecule has 0 saturated carbocycles. The van der Waals surface area contributed by atoms with E-state index in [2.05, 4.69) is 5.18 Å². The molecule has 0 unspecified atom stereocenters. The predicted octanol–water partition coefficient (Wildman–Crippen LogP) is 0.984. The molecule has 0 N–H and O–H groups in total.